The Morgan fingerprint density at radius 2 is 2.27 bits per heavy atom. The van der Waals surface area contributed by atoms with Gasteiger partial charge in [0, 0.05) is 11.8 Å². The van der Waals surface area contributed by atoms with Crippen molar-refractivity contribution in [2.45, 2.75) is 13.3 Å². The fourth-order valence-electron chi connectivity index (χ4n) is 1.61. The highest BCUT2D eigenvalue weighted by Gasteiger charge is 2.09. The molecule has 0 bridgehead atoms. The third-order valence-corrected chi connectivity index (χ3v) is 2.50. The first kappa shape index (κ1) is 10.2. The Morgan fingerprint density at radius 3 is 2.93 bits per heavy atom. The minimum absolute atomic E-state index is 0.306. The van der Waals surface area contributed by atoms with Gasteiger partial charge in [0.15, 0.2) is 11.4 Å². The van der Waals surface area contributed by atoms with Gasteiger partial charge in [-0.2, -0.15) is 0 Å². The molecule has 2 nitrogen and oxygen atoms in total. The molecule has 0 aliphatic rings. The van der Waals surface area contributed by atoms with Crippen molar-refractivity contribution in [1.29, 1.82) is 0 Å². The molecule has 1 aromatic heterocycles. The zero-order valence-electron chi connectivity index (χ0n) is 8.66. The summed E-state index contributed by atoms with van der Waals surface area (Å²) in [7, 11) is 0. The summed E-state index contributed by atoms with van der Waals surface area (Å²) in [5, 5.41) is 0.814. The predicted octanol–water partition coefficient (Wildman–Crippen LogP) is 2.71. The fraction of sp³-hybridized carbons (Fsp3) is 0.333. The normalized spacial score (nSPS) is 13.3. The number of hydrogen-bond donors (Lipinski definition) is 1. The van der Waals surface area contributed by atoms with Crippen molar-refractivity contribution in [1.82, 2.24) is 0 Å². The minimum atomic E-state index is -0.306. The van der Waals surface area contributed by atoms with E-state index in [1.165, 1.54) is 6.07 Å². The molecular weight excluding hydrogens is 193 g/mol. The largest absolute Gasteiger partial charge is 0.458 e. The van der Waals surface area contributed by atoms with Crippen molar-refractivity contribution in [3.05, 3.63) is 35.8 Å². The van der Waals surface area contributed by atoms with Crippen molar-refractivity contribution in [2.75, 3.05) is 6.54 Å². The summed E-state index contributed by atoms with van der Waals surface area (Å²) in [6.45, 7) is 2.66. The number of para-hydroxylation sites is 1. The lowest BCUT2D eigenvalue weighted by atomic mass is 10.1. The van der Waals surface area contributed by atoms with E-state index in [0.717, 1.165) is 17.6 Å². The first-order valence-electron chi connectivity index (χ1n) is 5.07. The number of halogens is 1. The minimum Gasteiger partial charge on any atom is -0.458 e. The van der Waals surface area contributed by atoms with Gasteiger partial charge in [-0.25, -0.2) is 4.39 Å². The molecule has 2 rings (SSSR count). The molecule has 0 aliphatic carbocycles. The molecule has 0 saturated heterocycles. The van der Waals surface area contributed by atoms with Crippen LogP contribution in [0.15, 0.2) is 28.7 Å². The van der Waals surface area contributed by atoms with Gasteiger partial charge in [0.2, 0.25) is 0 Å². The number of fused-ring (bicyclic) bond motifs is 1. The average Bonchev–Trinajstić information content (AvgIpc) is 2.62. The van der Waals surface area contributed by atoms with Gasteiger partial charge in [0.25, 0.3) is 0 Å². The third-order valence-electron chi connectivity index (χ3n) is 2.50. The number of nitrogens with two attached hydrogens (primary N) is 1. The molecule has 1 heterocycles. The van der Waals surface area contributed by atoms with E-state index in [-0.39, 0.29) is 5.82 Å². The van der Waals surface area contributed by atoms with Gasteiger partial charge < -0.3 is 10.2 Å². The predicted molar refractivity (Wildman–Crippen MR) is 58.1 cm³/mol. The van der Waals surface area contributed by atoms with Crippen molar-refractivity contribution < 1.29 is 8.81 Å². The molecule has 80 valence electrons. The molecule has 1 unspecified atom stereocenters. The molecule has 3 heteroatoms. The molecular formula is C12H14FNO. The van der Waals surface area contributed by atoms with Crippen molar-refractivity contribution >= 4 is 11.0 Å². The SMILES string of the molecule is CC(CN)Cc1cc2cccc(F)c2o1. The second kappa shape index (κ2) is 4.03. The lowest BCUT2D eigenvalue weighted by molar-refractivity contribution is 0.472. The van der Waals surface area contributed by atoms with Crippen molar-refractivity contribution in [3.63, 3.8) is 0 Å². The summed E-state index contributed by atoms with van der Waals surface area (Å²) < 4.78 is 18.7. The van der Waals surface area contributed by atoms with Gasteiger partial charge in [-0.1, -0.05) is 19.1 Å². The second-order valence-corrected chi connectivity index (χ2v) is 3.92. The van der Waals surface area contributed by atoms with Gasteiger partial charge in [-0.3, -0.25) is 0 Å². The number of furan rings is 1. The molecule has 0 fully saturated rings. The summed E-state index contributed by atoms with van der Waals surface area (Å²) in [6, 6.07) is 6.81. The summed E-state index contributed by atoms with van der Waals surface area (Å²) in [6.07, 6.45) is 0.755. The van der Waals surface area contributed by atoms with E-state index in [9.17, 15) is 4.39 Å². The van der Waals surface area contributed by atoms with E-state index in [1.54, 1.807) is 6.07 Å². The molecule has 0 aliphatic heterocycles. The van der Waals surface area contributed by atoms with Crippen LogP contribution in [-0.4, -0.2) is 6.54 Å². The Balaban J connectivity index is 2.35. The lowest BCUT2D eigenvalue weighted by Crippen LogP contribution is -2.12. The highest BCUT2D eigenvalue weighted by atomic mass is 19.1. The molecule has 0 amide bonds. The van der Waals surface area contributed by atoms with E-state index in [1.807, 2.05) is 19.1 Å². The maximum atomic E-state index is 13.3. The first-order valence-corrected chi connectivity index (χ1v) is 5.07. The third kappa shape index (κ3) is 2.02. The molecule has 15 heavy (non-hydrogen) atoms. The zero-order valence-corrected chi connectivity index (χ0v) is 8.66. The maximum Gasteiger partial charge on any atom is 0.169 e. The standard InChI is InChI=1S/C12H14FNO/c1-8(7-14)5-10-6-9-3-2-4-11(13)12(9)15-10/h2-4,6,8H,5,7,14H2,1H3. The van der Waals surface area contributed by atoms with Crippen LogP contribution in [0, 0.1) is 11.7 Å². The molecule has 0 radical (unpaired) electrons. The molecule has 1 aromatic carbocycles. The second-order valence-electron chi connectivity index (χ2n) is 3.92. The Bertz CT molecular complexity index is 464. The monoisotopic (exact) mass is 207 g/mol. The molecule has 0 spiro atoms. The number of rotatable bonds is 3. The van der Waals surface area contributed by atoms with Gasteiger partial charge in [0.1, 0.15) is 5.76 Å². The van der Waals surface area contributed by atoms with Crippen LogP contribution in [0.1, 0.15) is 12.7 Å². The Kier molecular flexibility index (Phi) is 2.73. The van der Waals surface area contributed by atoms with E-state index in [2.05, 4.69) is 0 Å². The number of hydrogen-bond acceptors (Lipinski definition) is 2. The van der Waals surface area contributed by atoms with Gasteiger partial charge >= 0.3 is 0 Å². The van der Waals surface area contributed by atoms with Gasteiger partial charge in [-0.15, -0.1) is 0 Å². The highest BCUT2D eigenvalue weighted by Crippen LogP contribution is 2.23. The fourth-order valence-corrected chi connectivity index (χ4v) is 1.61. The molecule has 1 atom stereocenters. The summed E-state index contributed by atoms with van der Waals surface area (Å²) >= 11 is 0. The maximum absolute atomic E-state index is 13.3. The van der Waals surface area contributed by atoms with Crippen LogP contribution >= 0.6 is 0 Å². The quantitative estimate of drug-likeness (QED) is 0.840. The molecule has 2 N–H and O–H groups in total. The van der Waals surface area contributed by atoms with Crippen molar-refractivity contribution in [3.8, 4) is 0 Å². The van der Waals surface area contributed by atoms with E-state index in [0.29, 0.717) is 18.0 Å². The van der Waals surface area contributed by atoms with Crippen molar-refractivity contribution in [2.24, 2.45) is 11.7 Å². The van der Waals surface area contributed by atoms with Gasteiger partial charge in [0.05, 0.1) is 0 Å². The van der Waals surface area contributed by atoms with Gasteiger partial charge in [-0.05, 0) is 24.6 Å². The molecule has 2 aromatic rings. The van der Waals surface area contributed by atoms with E-state index < -0.39 is 0 Å². The van der Waals surface area contributed by atoms with E-state index >= 15 is 0 Å². The summed E-state index contributed by atoms with van der Waals surface area (Å²) in [4.78, 5) is 0. The lowest BCUT2D eigenvalue weighted by Gasteiger charge is -2.03. The van der Waals surface area contributed by atoms with Crippen LogP contribution in [0.4, 0.5) is 4.39 Å². The van der Waals surface area contributed by atoms with Crippen LogP contribution in [0.5, 0.6) is 0 Å². The van der Waals surface area contributed by atoms with Crippen LogP contribution in [0.25, 0.3) is 11.0 Å². The first-order chi connectivity index (χ1) is 7.20. The summed E-state index contributed by atoms with van der Waals surface area (Å²) in [5.74, 6) is 0.848. The highest BCUT2D eigenvalue weighted by molar-refractivity contribution is 5.78. The molecule has 0 saturated carbocycles. The topological polar surface area (TPSA) is 39.2 Å². The van der Waals surface area contributed by atoms with Crippen LogP contribution < -0.4 is 5.73 Å². The van der Waals surface area contributed by atoms with Crippen LogP contribution in [0.2, 0.25) is 0 Å². The van der Waals surface area contributed by atoms with Crippen LogP contribution in [0.3, 0.4) is 0 Å². The average molecular weight is 207 g/mol. The Labute approximate surface area is 87.9 Å². The Hall–Kier alpha value is -1.35. The van der Waals surface area contributed by atoms with Crippen LogP contribution in [-0.2, 0) is 6.42 Å². The number of benzene rings is 1. The zero-order chi connectivity index (χ0) is 10.8. The smallest absolute Gasteiger partial charge is 0.169 e. The summed E-state index contributed by atoms with van der Waals surface area (Å²) in [5.41, 5.74) is 5.87. The Morgan fingerprint density at radius 1 is 1.47 bits per heavy atom. The van der Waals surface area contributed by atoms with E-state index in [4.69, 9.17) is 10.2 Å².